The molecule has 1 aliphatic carbocycles. The van der Waals surface area contributed by atoms with Crippen LogP contribution in [-0.4, -0.2) is 30.8 Å². The zero-order valence-corrected chi connectivity index (χ0v) is 12.3. The molecule has 1 aromatic heterocycles. The number of nitrogens with zero attached hydrogens (tertiary/aromatic N) is 1. The molecule has 3 rings (SSSR count). The number of pyridine rings is 1. The summed E-state index contributed by atoms with van der Waals surface area (Å²) in [6.07, 6.45) is 11.2. The Morgan fingerprint density at radius 2 is 2.30 bits per heavy atom. The molecule has 3 heteroatoms. The van der Waals surface area contributed by atoms with Crippen molar-refractivity contribution in [1.29, 1.82) is 0 Å². The lowest BCUT2D eigenvalue weighted by atomic mass is 9.84. The molecule has 1 aliphatic heterocycles. The molecule has 110 valence electrons. The molecular weight excluding hydrogens is 248 g/mol. The number of hydrogen-bond donors (Lipinski definition) is 1. The van der Waals surface area contributed by atoms with Gasteiger partial charge in [0.15, 0.2) is 0 Å². The van der Waals surface area contributed by atoms with Crippen LogP contribution < -0.4 is 5.32 Å². The summed E-state index contributed by atoms with van der Waals surface area (Å²) in [6, 6.07) is 4.30. The molecule has 0 bridgehead atoms. The smallest absolute Gasteiger partial charge is 0.0711 e. The molecule has 1 N–H and O–H groups in total. The van der Waals surface area contributed by atoms with Gasteiger partial charge in [-0.05, 0) is 62.6 Å². The minimum absolute atomic E-state index is 0.473. The zero-order valence-electron chi connectivity index (χ0n) is 12.3. The van der Waals surface area contributed by atoms with Crippen LogP contribution in [0.1, 0.15) is 43.4 Å². The Morgan fingerprint density at radius 1 is 1.30 bits per heavy atom. The van der Waals surface area contributed by atoms with Gasteiger partial charge in [0.05, 0.1) is 6.10 Å². The van der Waals surface area contributed by atoms with E-state index >= 15 is 0 Å². The van der Waals surface area contributed by atoms with Crippen LogP contribution in [-0.2, 0) is 17.6 Å². The van der Waals surface area contributed by atoms with Crippen molar-refractivity contribution in [2.24, 2.45) is 5.92 Å². The molecule has 3 nitrogen and oxygen atoms in total. The van der Waals surface area contributed by atoms with E-state index in [-0.39, 0.29) is 0 Å². The minimum atomic E-state index is 0.473. The molecular formula is C17H26N2O. The molecule has 1 unspecified atom stereocenters. The Kier molecular flexibility index (Phi) is 5.04. The van der Waals surface area contributed by atoms with Crippen molar-refractivity contribution in [2.75, 3.05) is 19.7 Å². The number of ether oxygens (including phenoxy) is 1. The van der Waals surface area contributed by atoms with Crippen molar-refractivity contribution in [2.45, 2.75) is 51.0 Å². The van der Waals surface area contributed by atoms with Gasteiger partial charge in [-0.2, -0.15) is 0 Å². The average molecular weight is 274 g/mol. The lowest BCUT2D eigenvalue weighted by Crippen LogP contribution is -2.18. The first kappa shape index (κ1) is 14.0. The first-order valence-electron chi connectivity index (χ1n) is 8.17. The molecule has 0 aromatic carbocycles. The van der Waals surface area contributed by atoms with Gasteiger partial charge in [0, 0.05) is 25.0 Å². The molecule has 2 atom stereocenters. The standard InChI is InChI=1S/C17H26N2O/c1(2-11-20-16-8-10-18-13-16)4-14-6-7-15-5-3-9-19-17(15)12-14/h3,5,9,14,16,18H,1-2,4,6-8,10-13H2/t14?,16-/m1/s1. The van der Waals surface area contributed by atoms with Crippen molar-refractivity contribution < 1.29 is 4.74 Å². The zero-order chi connectivity index (χ0) is 13.6. The third-order valence-electron chi connectivity index (χ3n) is 4.66. The minimum Gasteiger partial charge on any atom is -0.377 e. The molecule has 2 aliphatic rings. The second-order valence-corrected chi connectivity index (χ2v) is 6.20. The van der Waals surface area contributed by atoms with E-state index in [9.17, 15) is 0 Å². The monoisotopic (exact) mass is 274 g/mol. The van der Waals surface area contributed by atoms with E-state index in [4.69, 9.17) is 4.74 Å². The molecule has 0 spiro atoms. The Hall–Kier alpha value is -0.930. The van der Waals surface area contributed by atoms with Crippen molar-refractivity contribution >= 4 is 0 Å². The summed E-state index contributed by atoms with van der Waals surface area (Å²) in [6.45, 7) is 3.11. The van der Waals surface area contributed by atoms with Crippen LogP contribution in [0.15, 0.2) is 18.3 Å². The van der Waals surface area contributed by atoms with Crippen LogP contribution in [0.4, 0.5) is 0 Å². The highest BCUT2D eigenvalue weighted by Crippen LogP contribution is 2.27. The number of rotatable bonds is 6. The van der Waals surface area contributed by atoms with Gasteiger partial charge in [-0.3, -0.25) is 4.98 Å². The number of fused-ring (bicyclic) bond motifs is 1. The topological polar surface area (TPSA) is 34.1 Å². The van der Waals surface area contributed by atoms with Crippen LogP contribution in [0.25, 0.3) is 0 Å². The second kappa shape index (κ2) is 7.19. The fourth-order valence-corrected chi connectivity index (χ4v) is 3.42. The van der Waals surface area contributed by atoms with E-state index in [1.165, 1.54) is 56.2 Å². The van der Waals surface area contributed by atoms with E-state index < -0.39 is 0 Å². The number of unbranched alkanes of at least 4 members (excludes halogenated alkanes) is 1. The van der Waals surface area contributed by atoms with Gasteiger partial charge in [0.1, 0.15) is 0 Å². The van der Waals surface area contributed by atoms with E-state index in [1.807, 2.05) is 6.20 Å². The number of nitrogens with one attached hydrogen (secondary N) is 1. The summed E-state index contributed by atoms with van der Waals surface area (Å²) < 4.78 is 5.87. The second-order valence-electron chi connectivity index (χ2n) is 6.20. The van der Waals surface area contributed by atoms with Gasteiger partial charge in [0.2, 0.25) is 0 Å². The number of hydrogen-bond acceptors (Lipinski definition) is 3. The maximum absolute atomic E-state index is 5.87. The highest BCUT2D eigenvalue weighted by Gasteiger charge is 2.19. The Labute approximate surface area is 122 Å². The van der Waals surface area contributed by atoms with E-state index in [0.29, 0.717) is 6.10 Å². The van der Waals surface area contributed by atoms with Gasteiger partial charge in [-0.25, -0.2) is 0 Å². The Bertz CT molecular complexity index is 415. The van der Waals surface area contributed by atoms with E-state index in [2.05, 4.69) is 22.4 Å². The van der Waals surface area contributed by atoms with Crippen molar-refractivity contribution in [1.82, 2.24) is 10.3 Å². The molecule has 0 saturated carbocycles. The van der Waals surface area contributed by atoms with E-state index in [1.54, 1.807) is 0 Å². The molecule has 0 amide bonds. The van der Waals surface area contributed by atoms with Crippen LogP contribution in [0.3, 0.4) is 0 Å². The summed E-state index contributed by atoms with van der Waals surface area (Å²) >= 11 is 0. The van der Waals surface area contributed by atoms with Crippen molar-refractivity contribution in [3.63, 3.8) is 0 Å². The normalized spacial score (nSPS) is 25.6. The highest BCUT2D eigenvalue weighted by atomic mass is 16.5. The molecule has 20 heavy (non-hydrogen) atoms. The van der Waals surface area contributed by atoms with E-state index in [0.717, 1.165) is 25.6 Å². The lowest BCUT2D eigenvalue weighted by molar-refractivity contribution is 0.0635. The predicted molar refractivity (Wildman–Crippen MR) is 80.8 cm³/mol. The SMILES string of the molecule is c1cnc2c(c1)CCC(CCCCO[C@@H]1CCNC1)C2. The van der Waals surface area contributed by atoms with Crippen LogP contribution in [0.2, 0.25) is 0 Å². The lowest BCUT2D eigenvalue weighted by Gasteiger charge is -2.23. The number of aromatic nitrogens is 1. The molecule has 1 aromatic rings. The molecule has 1 saturated heterocycles. The van der Waals surface area contributed by atoms with Crippen molar-refractivity contribution in [3.05, 3.63) is 29.6 Å². The van der Waals surface area contributed by atoms with Gasteiger partial charge in [-0.15, -0.1) is 0 Å². The fraction of sp³-hybridized carbons (Fsp3) is 0.706. The fourth-order valence-electron chi connectivity index (χ4n) is 3.42. The molecule has 2 heterocycles. The van der Waals surface area contributed by atoms with Crippen LogP contribution >= 0.6 is 0 Å². The summed E-state index contributed by atoms with van der Waals surface area (Å²) in [7, 11) is 0. The largest absolute Gasteiger partial charge is 0.377 e. The molecule has 1 fully saturated rings. The number of aryl methyl sites for hydroxylation is 1. The van der Waals surface area contributed by atoms with Crippen molar-refractivity contribution in [3.8, 4) is 0 Å². The third-order valence-corrected chi connectivity index (χ3v) is 4.66. The third kappa shape index (κ3) is 3.80. The van der Waals surface area contributed by atoms with Gasteiger partial charge < -0.3 is 10.1 Å². The Morgan fingerprint density at radius 3 is 3.20 bits per heavy atom. The van der Waals surface area contributed by atoms with Gasteiger partial charge in [0.25, 0.3) is 0 Å². The highest BCUT2D eigenvalue weighted by molar-refractivity contribution is 5.22. The molecule has 0 radical (unpaired) electrons. The maximum Gasteiger partial charge on any atom is 0.0711 e. The quantitative estimate of drug-likeness (QED) is 0.810. The summed E-state index contributed by atoms with van der Waals surface area (Å²) in [5.74, 6) is 0.838. The maximum atomic E-state index is 5.87. The summed E-state index contributed by atoms with van der Waals surface area (Å²) in [5.41, 5.74) is 2.82. The van der Waals surface area contributed by atoms with Crippen LogP contribution in [0, 0.1) is 5.92 Å². The first-order chi connectivity index (χ1) is 9.92. The first-order valence-corrected chi connectivity index (χ1v) is 8.17. The van der Waals surface area contributed by atoms with Gasteiger partial charge >= 0.3 is 0 Å². The summed E-state index contributed by atoms with van der Waals surface area (Å²) in [4.78, 5) is 4.53. The van der Waals surface area contributed by atoms with Crippen LogP contribution in [0.5, 0.6) is 0 Å². The average Bonchev–Trinajstić information content (AvgIpc) is 3.00. The summed E-state index contributed by atoms with van der Waals surface area (Å²) in [5, 5.41) is 3.34. The predicted octanol–water partition coefficient (Wildman–Crippen LogP) is 2.74. The van der Waals surface area contributed by atoms with Gasteiger partial charge in [-0.1, -0.05) is 12.5 Å². The Balaban J connectivity index is 1.31.